The van der Waals surface area contributed by atoms with Crippen LogP contribution in [-0.4, -0.2) is 51.3 Å². The van der Waals surface area contributed by atoms with Gasteiger partial charge in [0, 0.05) is 38.9 Å². The molecule has 2 unspecified atom stereocenters. The van der Waals surface area contributed by atoms with Crippen molar-refractivity contribution in [1.82, 2.24) is 20.0 Å². The van der Waals surface area contributed by atoms with Crippen molar-refractivity contribution < 1.29 is 14.7 Å². The Labute approximate surface area is 212 Å². The van der Waals surface area contributed by atoms with E-state index in [2.05, 4.69) is 29.5 Å². The van der Waals surface area contributed by atoms with Crippen molar-refractivity contribution in [1.29, 1.82) is 0 Å². The number of aryl methyl sites for hydroxylation is 1. The maximum Gasteiger partial charge on any atom is 0.243 e. The van der Waals surface area contributed by atoms with Crippen LogP contribution in [0.1, 0.15) is 73.8 Å². The van der Waals surface area contributed by atoms with Crippen molar-refractivity contribution in [3.63, 3.8) is 0 Å². The van der Waals surface area contributed by atoms with Crippen molar-refractivity contribution >= 4 is 11.8 Å². The molecule has 0 aliphatic carbocycles. The summed E-state index contributed by atoms with van der Waals surface area (Å²) >= 11 is 0. The fourth-order valence-electron chi connectivity index (χ4n) is 3.78. The highest BCUT2D eigenvalue weighted by Gasteiger charge is 2.36. The van der Waals surface area contributed by atoms with E-state index in [0.717, 1.165) is 43.3 Å². The summed E-state index contributed by atoms with van der Waals surface area (Å²) in [5.74, 6) is 0.247. The summed E-state index contributed by atoms with van der Waals surface area (Å²) in [5.41, 5.74) is 3.23. The van der Waals surface area contributed by atoms with E-state index in [9.17, 15) is 9.59 Å². The molecular formula is C28H48N4O3. The van der Waals surface area contributed by atoms with Gasteiger partial charge in [0.2, 0.25) is 11.8 Å². The maximum atomic E-state index is 12.7. The number of carbonyl (C=O) groups excluding carboxylic acids is 2. The lowest BCUT2D eigenvalue weighted by atomic mass is 9.96. The number of carbonyl (C=O) groups is 2. The molecule has 3 rings (SSSR count). The van der Waals surface area contributed by atoms with Crippen LogP contribution in [0.25, 0.3) is 11.3 Å². The lowest BCUT2D eigenvalue weighted by Gasteiger charge is -2.28. The number of likely N-dealkylation sites (tertiary alicyclic amines) is 1. The number of nitrogens with zero attached hydrogens (tertiary/aromatic N) is 3. The number of nitrogens with one attached hydrogen (secondary N) is 1. The number of aliphatic hydroxyl groups is 1. The van der Waals surface area contributed by atoms with E-state index in [0.29, 0.717) is 13.1 Å². The third-order valence-electron chi connectivity index (χ3n) is 5.96. The van der Waals surface area contributed by atoms with E-state index in [1.807, 2.05) is 77.5 Å². The second kappa shape index (κ2) is 17.7. The number of hydrogen-bond donors (Lipinski definition) is 2. The molecule has 1 fully saturated rings. The first-order chi connectivity index (χ1) is 16.9. The van der Waals surface area contributed by atoms with Crippen LogP contribution < -0.4 is 5.32 Å². The minimum atomic E-state index is -0.345. The minimum Gasteiger partial charge on any atom is -0.400 e. The van der Waals surface area contributed by atoms with Crippen LogP contribution in [0.4, 0.5) is 0 Å². The highest BCUT2D eigenvalue weighted by Crippen LogP contribution is 2.23. The highest BCUT2D eigenvalue weighted by molar-refractivity contribution is 5.89. The first kappa shape index (κ1) is 32.3. The monoisotopic (exact) mass is 488 g/mol. The second-order valence-electron chi connectivity index (χ2n) is 8.17. The molecule has 0 radical (unpaired) electrons. The van der Waals surface area contributed by atoms with Gasteiger partial charge in [0.15, 0.2) is 0 Å². The van der Waals surface area contributed by atoms with Crippen molar-refractivity contribution in [3.05, 3.63) is 42.1 Å². The fourth-order valence-corrected chi connectivity index (χ4v) is 3.78. The maximum absolute atomic E-state index is 12.7. The zero-order chi connectivity index (χ0) is 27.0. The second-order valence-corrected chi connectivity index (χ2v) is 8.17. The summed E-state index contributed by atoms with van der Waals surface area (Å²) in [5, 5.41) is 14.3. The molecule has 2 heterocycles. The molecule has 2 aromatic rings. The van der Waals surface area contributed by atoms with Gasteiger partial charge in [0.25, 0.3) is 0 Å². The van der Waals surface area contributed by atoms with Crippen LogP contribution in [0.3, 0.4) is 0 Å². The van der Waals surface area contributed by atoms with E-state index in [1.165, 1.54) is 0 Å². The Morgan fingerprint density at radius 2 is 1.66 bits per heavy atom. The zero-order valence-electron chi connectivity index (χ0n) is 23.3. The number of aliphatic hydroxyl groups excluding tert-OH is 1. The third-order valence-corrected chi connectivity index (χ3v) is 5.96. The van der Waals surface area contributed by atoms with Crippen LogP contribution in [0.2, 0.25) is 0 Å². The standard InChI is InChI=1S/C23H32N4O2.2C2H6.CH4O/c1-5-27-20(12-13-25-27)19-10-8-18(9-11-19)15-24-22(28)21-7-6-14-26(21)23(29)17(4)16(2)3;3*1-2/h8-13,16-17,21H,5-7,14-15H2,1-4H3,(H,24,28);2*1-2H3;2H,1H3. The van der Waals surface area contributed by atoms with Gasteiger partial charge in [0.05, 0.1) is 5.69 Å². The van der Waals surface area contributed by atoms with Gasteiger partial charge in [-0.25, -0.2) is 0 Å². The van der Waals surface area contributed by atoms with Crippen molar-refractivity contribution in [2.24, 2.45) is 11.8 Å². The van der Waals surface area contributed by atoms with Gasteiger partial charge in [-0.2, -0.15) is 5.10 Å². The Morgan fingerprint density at radius 3 is 2.20 bits per heavy atom. The van der Waals surface area contributed by atoms with Crippen LogP contribution in [0.5, 0.6) is 0 Å². The summed E-state index contributed by atoms with van der Waals surface area (Å²) in [7, 11) is 1.00. The Balaban J connectivity index is 0.00000179. The van der Waals surface area contributed by atoms with Gasteiger partial charge in [-0.05, 0) is 42.9 Å². The van der Waals surface area contributed by atoms with Gasteiger partial charge in [0.1, 0.15) is 6.04 Å². The van der Waals surface area contributed by atoms with E-state index >= 15 is 0 Å². The molecule has 0 spiro atoms. The molecule has 1 aromatic carbocycles. The lowest BCUT2D eigenvalue weighted by Crippen LogP contribution is -2.48. The average Bonchev–Trinajstić information content (AvgIpc) is 3.60. The van der Waals surface area contributed by atoms with Gasteiger partial charge in [-0.3, -0.25) is 14.3 Å². The Bertz CT molecular complexity index is 846. The molecule has 2 amide bonds. The van der Waals surface area contributed by atoms with E-state index in [4.69, 9.17) is 5.11 Å². The van der Waals surface area contributed by atoms with Gasteiger partial charge >= 0.3 is 0 Å². The molecule has 35 heavy (non-hydrogen) atoms. The minimum absolute atomic E-state index is 0.0556. The number of benzene rings is 1. The number of hydrogen-bond acceptors (Lipinski definition) is 4. The molecule has 7 nitrogen and oxygen atoms in total. The lowest BCUT2D eigenvalue weighted by molar-refractivity contribution is -0.142. The molecular weight excluding hydrogens is 440 g/mol. The van der Waals surface area contributed by atoms with Crippen LogP contribution in [0.15, 0.2) is 36.5 Å². The SMILES string of the molecule is CC.CC.CCn1nccc1-c1ccc(CNC(=O)C2CCCN2C(=O)C(C)C(C)C)cc1.CO. The predicted molar refractivity (Wildman–Crippen MR) is 145 cm³/mol. The van der Waals surface area contributed by atoms with E-state index < -0.39 is 0 Å². The van der Waals surface area contributed by atoms with Crippen LogP contribution in [-0.2, 0) is 22.7 Å². The van der Waals surface area contributed by atoms with Gasteiger partial charge in [-0.15, -0.1) is 0 Å². The summed E-state index contributed by atoms with van der Waals surface area (Å²) in [6, 6.07) is 9.83. The quantitative estimate of drug-likeness (QED) is 0.566. The van der Waals surface area contributed by atoms with Crippen LogP contribution in [0, 0.1) is 11.8 Å². The number of aromatic nitrogens is 2. The normalized spacial score (nSPS) is 15.1. The average molecular weight is 489 g/mol. The molecule has 1 aliphatic heterocycles. The largest absolute Gasteiger partial charge is 0.400 e. The fraction of sp³-hybridized carbons (Fsp3) is 0.607. The third kappa shape index (κ3) is 9.13. The molecule has 0 saturated carbocycles. The molecule has 0 bridgehead atoms. The molecule has 7 heteroatoms. The van der Waals surface area contributed by atoms with Gasteiger partial charge < -0.3 is 15.3 Å². The Kier molecular flexibility index (Phi) is 16.4. The number of rotatable bonds is 7. The van der Waals surface area contributed by atoms with Gasteiger partial charge in [-0.1, -0.05) is 72.7 Å². The summed E-state index contributed by atoms with van der Waals surface area (Å²) in [6.07, 6.45) is 3.43. The Morgan fingerprint density at radius 1 is 1.06 bits per heavy atom. The zero-order valence-corrected chi connectivity index (χ0v) is 23.3. The van der Waals surface area contributed by atoms with E-state index in [-0.39, 0.29) is 29.7 Å². The molecule has 198 valence electrons. The molecule has 1 aromatic heterocycles. The molecule has 1 saturated heterocycles. The smallest absolute Gasteiger partial charge is 0.243 e. The Hall–Kier alpha value is -2.67. The first-order valence-corrected chi connectivity index (χ1v) is 13.1. The van der Waals surface area contributed by atoms with Crippen LogP contribution >= 0.6 is 0 Å². The summed E-state index contributed by atoms with van der Waals surface area (Å²) < 4.78 is 1.96. The van der Waals surface area contributed by atoms with Crippen molar-refractivity contribution in [2.45, 2.75) is 87.4 Å². The van der Waals surface area contributed by atoms with Crippen molar-refractivity contribution in [3.8, 4) is 11.3 Å². The molecule has 2 N–H and O–H groups in total. The topological polar surface area (TPSA) is 87.5 Å². The summed E-state index contributed by atoms with van der Waals surface area (Å²) in [4.78, 5) is 27.2. The highest BCUT2D eigenvalue weighted by atomic mass is 16.2. The number of amides is 2. The van der Waals surface area contributed by atoms with Crippen molar-refractivity contribution in [2.75, 3.05) is 13.7 Å². The first-order valence-electron chi connectivity index (χ1n) is 13.1. The molecule has 2 atom stereocenters. The predicted octanol–water partition coefficient (Wildman–Crippen LogP) is 5.13. The van der Waals surface area contributed by atoms with E-state index in [1.54, 1.807) is 4.90 Å². The molecule has 1 aliphatic rings. The summed E-state index contributed by atoms with van der Waals surface area (Å²) in [6.45, 7) is 18.1.